The van der Waals surface area contributed by atoms with Crippen molar-refractivity contribution < 1.29 is 9.18 Å². The van der Waals surface area contributed by atoms with Gasteiger partial charge in [0.25, 0.3) is 0 Å². The number of Topliss-reactive ketones (excluding diaryl/α,β-unsaturated/α-hetero) is 1. The third-order valence-corrected chi connectivity index (χ3v) is 3.41. The molecule has 3 rings (SSSR count). The number of halogens is 1. The Bertz CT molecular complexity index is 698. The van der Waals surface area contributed by atoms with E-state index in [9.17, 15) is 9.18 Å². The van der Waals surface area contributed by atoms with Gasteiger partial charge in [0.2, 0.25) is 0 Å². The normalized spacial score (nSPS) is 15.9. The van der Waals surface area contributed by atoms with Gasteiger partial charge in [-0.2, -0.15) is 0 Å². The lowest BCUT2D eigenvalue weighted by Gasteiger charge is -2.02. The van der Waals surface area contributed by atoms with Crippen molar-refractivity contribution in [1.82, 2.24) is 0 Å². The van der Waals surface area contributed by atoms with Crippen LogP contribution in [-0.4, -0.2) is 5.78 Å². The zero-order valence-electron chi connectivity index (χ0n) is 10.6. The Morgan fingerprint density at radius 1 is 1.16 bits per heavy atom. The van der Waals surface area contributed by atoms with Gasteiger partial charge >= 0.3 is 0 Å². The number of aryl methyl sites for hydroxylation is 1. The van der Waals surface area contributed by atoms with Gasteiger partial charge in [-0.1, -0.05) is 42.0 Å². The smallest absolute Gasteiger partial charge is 0.167 e. The van der Waals surface area contributed by atoms with E-state index in [0.717, 1.165) is 16.7 Å². The summed E-state index contributed by atoms with van der Waals surface area (Å²) in [4.78, 5) is 12.1. The Morgan fingerprint density at radius 3 is 2.74 bits per heavy atom. The van der Waals surface area contributed by atoms with Crippen molar-refractivity contribution in [3.05, 3.63) is 70.5 Å². The van der Waals surface area contributed by atoms with Crippen molar-refractivity contribution in [3.63, 3.8) is 0 Å². The summed E-state index contributed by atoms with van der Waals surface area (Å²) < 4.78 is 13.7. The van der Waals surface area contributed by atoms with Gasteiger partial charge in [-0.25, -0.2) is 4.39 Å². The van der Waals surface area contributed by atoms with Gasteiger partial charge in [0.15, 0.2) is 5.78 Å². The molecule has 2 aromatic rings. The van der Waals surface area contributed by atoms with Gasteiger partial charge in [-0.3, -0.25) is 4.79 Å². The van der Waals surface area contributed by atoms with E-state index < -0.39 is 0 Å². The van der Waals surface area contributed by atoms with E-state index in [2.05, 4.69) is 0 Å². The fourth-order valence-corrected chi connectivity index (χ4v) is 2.42. The van der Waals surface area contributed by atoms with E-state index in [4.69, 9.17) is 0 Å². The number of carbonyl (C=O) groups is 1. The molecule has 0 aromatic heterocycles. The Balaban J connectivity index is 2.14. The minimum Gasteiger partial charge on any atom is -0.294 e. The number of ketones is 1. The van der Waals surface area contributed by atoms with Gasteiger partial charge in [0.1, 0.15) is 5.82 Å². The molecule has 94 valence electrons. The van der Waals surface area contributed by atoms with Crippen LogP contribution < -0.4 is 0 Å². The predicted octanol–water partition coefficient (Wildman–Crippen LogP) is 3.80. The second kappa shape index (κ2) is 4.47. The van der Waals surface area contributed by atoms with Crippen molar-refractivity contribution >= 4 is 17.4 Å². The van der Waals surface area contributed by atoms with E-state index in [0.29, 0.717) is 17.6 Å². The molecular weight excluding hydrogens is 239 g/mol. The Hall–Kier alpha value is -2.22. The maximum Gasteiger partial charge on any atom is 0.167 e. The molecule has 2 heteroatoms. The number of benzene rings is 2. The second-order valence-corrected chi connectivity index (χ2v) is 4.84. The van der Waals surface area contributed by atoms with Crippen molar-refractivity contribution in [3.8, 4) is 0 Å². The lowest BCUT2D eigenvalue weighted by Crippen LogP contribution is -1.94. The van der Waals surface area contributed by atoms with Crippen LogP contribution in [0.2, 0.25) is 0 Å². The fourth-order valence-electron chi connectivity index (χ4n) is 2.42. The quantitative estimate of drug-likeness (QED) is 0.705. The minimum atomic E-state index is -0.302. The maximum atomic E-state index is 13.7. The number of hydrogen-bond acceptors (Lipinski definition) is 1. The number of rotatable bonds is 1. The molecule has 1 aliphatic rings. The van der Waals surface area contributed by atoms with Gasteiger partial charge in [0.05, 0.1) is 0 Å². The highest BCUT2D eigenvalue weighted by molar-refractivity contribution is 6.29. The van der Waals surface area contributed by atoms with E-state index in [1.807, 2.05) is 25.1 Å². The van der Waals surface area contributed by atoms with Gasteiger partial charge in [0, 0.05) is 17.6 Å². The highest BCUT2D eigenvalue weighted by Crippen LogP contribution is 2.32. The van der Waals surface area contributed by atoms with E-state index >= 15 is 0 Å². The number of hydrogen-bond donors (Lipinski definition) is 0. The first kappa shape index (κ1) is 11.8. The van der Waals surface area contributed by atoms with Crippen molar-refractivity contribution in [2.24, 2.45) is 0 Å². The molecule has 19 heavy (non-hydrogen) atoms. The van der Waals surface area contributed by atoms with Crippen LogP contribution in [0.5, 0.6) is 0 Å². The first-order valence-electron chi connectivity index (χ1n) is 6.24. The standard InChI is InChI=1S/C17H13FO/c1-11-6-7-12-10-17(19)15(14(12)8-11)9-13-4-2-3-5-16(13)18/h2-9H,10H2,1H3/b15-9-. The summed E-state index contributed by atoms with van der Waals surface area (Å²) in [7, 11) is 0. The summed E-state index contributed by atoms with van der Waals surface area (Å²) in [6.45, 7) is 1.99. The molecule has 0 heterocycles. The maximum absolute atomic E-state index is 13.7. The molecule has 0 fully saturated rings. The van der Waals surface area contributed by atoms with Crippen molar-refractivity contribution in [1.29, 1.82) is 0 Å². The fraction of sp³-hybridized carbons (Fsp3) is 0.118. The molecule has 0 bridgehead atoms. The van der Waals surface area contributed by atoms with Crippen LogP contribution in [0.25, 0.3) is 11.6 Å². The zero-order valence-corrected chi connectivity index (χ0v) is 10.6. The molecule has 0 saturated carbocycles. The average molecular weight is 252 g/mol. The molecule has 0 radical (unpaired) electrons. The van der Waals surface area contributed by atoms with Gasteiger partial charge in [-0.05, 0) is 30.2 Å². The lowest BCUT2D eigenvalue weighted by atomic mass is 10.0. The van der Waals surface area contributed by atoms with E-state index in [1.54, 1.807) is 24.3 Å². The van der Waals surface area contributed by atoms with Gasteiger partial charge < -0.3 is 0 Å². The highest BCUT2D eigenvalue weighted by atomic mass is 19.1. The minimum absolute atomic E-state index is 0.0591. The number of fused-ring (bicyclic) bond motifs is 1. The summed E-state index contributed by atoms with van der Waals surface area (Å²) in [5.41, 5.74) is 4.14. The number of carbonyl (C=O) groups excluding carboxylic acids is 1. The zero-order chi connectivity index (χ0) is 13.4. The van der Waals surface area contributed by atoms with Crippen LogP contribution in [0.3, 0.4) is 0 Å². The Kier molecular flexibility index (Phi) is 2.79. The second-order valence-electron chi connectivity index (χ2n) is 4.84. The van der Waals surface area contributed by atoms with Crippen LogP contribution in [0, 0.1) is 12.7 Å². The van der Waals surface area contributed by atoms with Crippen LogP contribution >= 0.6 is 0 Å². The first-order valence-corrected chi connectivity index (χ1v) is 6.24. The Morgan fingerprint density at radius 2 is 1.95 bits per heavy atom. The largest absolute Gasteiger partial charge is 0.294 e. The van der Waals surface area contributed by atoms with Crippen LogP contribution in [0.4, 0.5) is 4.39 Å². The molecule has 0 unspecified atom stereocenters. The molecule has 1 aliphatic carbocycles. The lowest BCUT2D eigenvalue weighted by molar-refractivity contribution is -0.112. The molecule has 0 N–H and O–H groups in total. The molecule has 0 aliphatic heterocycles. The topological polar surface area (TPSA) is 17.1 Å². The summed E-state index contributed by atoms with van der Waals surface area (Å²) in [5, 5.41) is 0. The molecule has 0 atom stereocenters. The van der Waals surface area contributed by atoms with E-state index in [-0.39, 0.29) is 11.6 Å². The summed E-state index contributed by atoms with van der Waals surface area (Å²) in [5.74, 6) is -0.243. The number of allylic oxidation sites excluding steroid dienone is 1. The van der Waals surface area contributed by atoms with Crippen molar-refractivity contribution in [2.75, 3.05) is 0 Å². The van der Waals surface area contributed by atoms with Crippen LogP contribution in [0.1, 0.15) is 22.3 Å². The SMILES string of the molecule is Cc1ccc2c(c1)/C(=C/c1ccccc1F)C(=O)C2. The monoisotopic (exact) mass is 252 g/mol. The van der Waals surface area contributed by atoms with E-state index in [1.165, 1.54) is 6.07 Å². The summed E-state index contributed by atoms with van der Waals surface area (Å²) in [6.07, 6.45) is 2.07. The predicted molar refractivity (Wildman–Crippen MR) is 74.2 cm³/mol. The summed E-state index contributed by atoms with van der Waals surface area (Å²) in [6, 6.07) is 12.5. The Labute approximate surface area is 111 Å². The van der Waals surface area contributed by atoms with Gasteiger partial charge in [-0.15, -0.1) is 0 Å². The third kappa shape index (κ3) is 2.10. The molecule has 0 spiro atoms. The molecular formula is C17H13FO. The first-order chi connectivity index (χ1) is 9.15. The van der Waals surface area contributed by atoms with Crippen LogP contribution in [0.15, 0.2) is 42.5 Å². The molecule has 2 aromatic carbocycles. The third-order valence-electron chi connectivity index (χ3n) is 3.41. The molecule has 0 saturated heterocycles. The van der Waals surface area contributed by atoms with Crippen molar-refractivity contribution in [2.45, 2.75) is 13.3 Å². The molecule has 0 amide bonds. The van der Waals surface area contributed by atoms with Crippen LogP contribution in [-0.2, 0) is 11.2 Å². The highest BCUT2D eigenvalue weighted by Gasteiger charge is 2.24. The summed E-state index contributed by atoms with van der Waals surface area (Å²) >= 11 is 0. The average Bonchev–Trinajstić information content (AvgIpc) is 2.69. The molecule has 1 nitrogen and oxygen atoms in total.